The molecule has 2 atom stereocenters. The number of carbonyl (C=O) groups excluding carboxylic acids is 2. The van der Waals surface area contributed by atoms with Crippen molar-refractivity contribution in [3.63, 3.8) is 0 Å². The van der Waals surface area contributed by atoms with Crippen molar-refractivity contribution in [3.8, 4) is 23.0 Å². The Morgan fingerprint density at radius 2 is 1.07 bits per heavy atom. The average Bonchev–Trinajstić information content (AvgIpc) is 2.97. The molecule has 2 aromatic carbocycles. The number of methoxy groups -OCH3 is 2. The van der Waals surface area contributed by atoms with Gasteiger partial charge in [0.15, 0.2) is 23.0 Å². The van der Waals surface area contributed by atoms with Gasteiger partial charge in [0.05, 0.1) is 48.7 Å². The summed E-state index contributed by atoms with van der Waals surface area (Å²) in [7, 11) is 2.90. The number of carbonyl (C=O) groups is 2. The molecule has 0 fully saturated rings. The molecule has 0 radical (unpaired) electrons. The maximum Gasteiger partial charge on any atom is 0.320 e. The van der Waals surface area contributed by atoms with Crippen molar-refractivity contribution < 1.29 is 38.4 Å². The fourth-order valence-electron chi connectivity index (χ4n) is 4.87. The number of hydrogen-bond donors (Lipinski definition) is 4. The quantitative estimate of drug-likeness (QED) is 0.147. The molecule has 16 heteroatoms. The van der Waals surface area contributed by atoms with Crippen LogP contribution in [-0.2, 0) is 0 Å². The van der Waals surface area contributed by atoms with Gasteiger partial charge < -0.3 is 40.2 Å². The highest BCUT2D eigenvalue weighted by Gasteiger charge is 2.37. The van der Waals surface area contributed by atoms with Crippen LogP contribution in [0.5, 0.6) is 23.0 Å². The van der Waals surface area contributed by atoms with Crippen LogP contribution in [0, 0.1) is 20.2 Å². The Hall–Kier alpha value is -5.54. The maximum atomic E-state index is 11.9. The van der Waals surface area contributed by atoms with Gasteiger partial charge in [-0.15, -0.1) is 0 Å². The van der Waals surface area contributed by atoms with Crippen LogP contribution >= 0.6 is 0 Å². The molecule has 2 aliphatic rings. The molecule has 234 valence electrons. The smallest absolute Gasteiger partial charge is 0.320 e. The van der Waals surface area contributed by atoms with Crippen molar-refractivity contribution >= 4 is 12.1 Å². The molecule has 4 N–H and O–H groups in total. The lowest BCUT2D eigenvalue weighted by molar-refractivity contribution is -0.433. The zero-order valence-electron chi connectivity index (χ0n) is 24.4. The van der Waals surface area contributed by atoms with Crippen LogP contribution in [0.1, 0.15) is 49.9 Å². The summed E-state index contributed by atoms with van der Waals surface area (Å²) >= 11 is 0. The van der Waals surface area contributed by atoms with Gasteiger partial charge in [-0.3, -0.25) is 20.2 Å². The number of rotatable bonds is 13. The van der Waals surface area contributed by atoms with Crippen LogP contribution in [0.15, 0.2) is 59.2 Å². The number of nitro groups is 2. The van der Waals surface area contributed by atoms with E-state index in [1.165, 1.54) is 28.1 Å². The predicted octanol–water partition coefficient (Wildman–Crippen LogP) is 3.67. The third-order valence-electron chi connectivity index (χ3n) is 6.96. The van der Waals surface area contributed by atoms with Crippen molar-refractivity contribution in [2.45, 2.75) is 38.8 Å². The number of allylic oxidation sites excluding steroid dienone is 2. The molecular formula is C28H32N6O10. The van der Waals surface area contributed by atoms with Gasteiger partial charge in [-0.25, -0.2) is 9.59 Å². The monoisotopic (exact) mass is 612 g/mol. The summed E-state index contributed by atoms with van der Waals surface area (Å²) in [4.78, 5) is 46.0. The van der Waals surface area contributed by atoms with E-state index in [-0.39, 0.29) is 22.8 Å². The van der Waals surface area contributed by atoms with E-state index in [1.807, 2.05) is 0 Å². The summed E-state index contributed by atoms with van der Waals surface area (Å²) in [6.07, 6.45) is 1.22. The summed E-state index contributed by atoms with van der Waals surface area (Å²) < 4.78 is 22.6. The Morgan fingerprint density at radius 1 is 0.682 bits per heavy atom. The van der Waals surface area contributed by atoms with Crippen LogP contribution in [-0.4, -0.2) is 49.3 Å². The molecule has 4 rings (SSSR count). The van der Waals surface area contributed by atoms with Crippen LogP contribution in [0.4, 0.5) is 9.59 Å². The van der Waals surface area contributed by atoms with E-state index in [9.17, 15) is 29.8 Å². The van der Waals surface area contributed by atoms with E-state index in [2.05, 4.69) is 21.3 Å². The zero-order valence-corrected chi connectivity index (χ0v) is 24.4. The van der Waals surface area contributed by atoms with E-state index >= 15 is 0 Å². The fourth-order valence-corrected chi connectivity index (χ4v) is 4.87. The molecular weight excluding hydrogens is 580 g/mol. The Kier molecular flexibility index (Phi) is 9.72. The van der Waals surface area contributed by atoms with Crippen molar-refractivity contribution in [1.82, 2.24) is 21.3 Å². The van der Waals surface area contributed by atoms with Gasteiger partial charge in [0, 0.05) is 0 Å². The summed E-state index contributed by atoms with van der Waals surface area (Å²) in [5.41, 5.74) is 0.907. The first-order valence-corrected chi connectivity index (χ1v) is 13.5. The van der Waals surface area contributed by atoms with Crippen molar-refractivity contribution in [1.29, 1.82) is 0 Å². The van der Waals surface area contributed by atoms with Gasteiger partial charge in [0.2, 0.25) is 0 Å². The lowest BCUT2D eigenvalue weighted by Crippen LogP contribution is -2.45. The van der Waals surface area contributed by atoms with Gasteiger partial charge in [-0.05, 0) is 62.1 Å². The minimum Gasteiger partial charge on any atom is -0.493 e. The van der Waals surface area contributed by atoms with Crippen LogP contribution in [0.3, 0.4) is 0 Å². The number of nitrogens with zero attached hydrogens (tertiary/aromatic N) is 2. The number of unbranched alkanes of at least 4 members (excludes halogenated alkanes) is 1. The molecule has 4 amide bonds. The van der Waals surface area contributed by atoms with E-state index in [0.29, 0.717) is 60.2 Å². The second-order valence-corrected chi connectivity index (χ2v) is 9.82. The highest BCUT2D eigenvalue weighted by molar-refractivity contribution is 5.79. The van der Waals surface area contributed by atoms with E-state index < -0.39 is 34.0 Å². The standard InChI is InChI=1S/C28H32N6O10/c1-15-25(33(37)38)23(31-27(35)29-15)17-7-9-19(21(13-17)41-3)43-11-5-6-12-44-20-10-8-18(14-22(20)42-4)24-26(34(39)40)16(2)30-28(36)32-24/h7-10,13-14,23-24H,5-6,11-12H2,1-4H3,(H2,29,31,35)(H2,30,32,36)/t23-,24-/m0/s1. The van der Waals surface area contributed by atoms with E-state index in [1.54, 1.807) is 36.4 Å². The highest BCUT2D eigenvalue weighted by Crippen LogP contribution is 2.36. The van der Waals surface area contributed by atoms with Crippen LogP contribution in [0.2, 0.25) is 0 Å². The Balaban J connectivity index is 1.33. The summed E-state index contributed by atoms with van der Waals surface area (Å²) in [5, 5.41) is 33.2. The number of urea groups is 2. The average molecular weight is 613 g/mol. The second-order valence-electron chi connectivity index (χ2n) is 9.82. The summed E-state index contributed by atoms with van der Waals surface area (Å²) in [6, 6.07) is 6.69. The molecule has 0 saturated carbocycles. The van der Waals surface area contributed by atoms with E-state index in [4.69, 9.17) is 18.9 Å². The van der Waals surface area contributed by atoms with Gasteiger partial charge in [0.25, 0.3) is 11.4 Å². The minimum atomic E-state index is -0.959. The Labute approximate surface area is 251 Å². The lowest BCUT2D eigenvalue weighted by atomic mass is 10.0. The van der Waals surface area contributed by atoms with E-state index in [0.717, 1.165) is 0 Å². The first-order chi connectivity index (χ1) is 21.0. The normalized spacial score (nSPS) is 18.0. The number of ether oxygens (including phenoxy) is 4. The number of benzene rings is 2. The molecule has 0 spiro atoms. The largest absolute Gasteiger partial charge is 0.493 e. The Morgan fingerprint density at radius 3 is 1.41 bits per heavy atom. The molecule has 0 aromatic heterocycles. The molecule has 0 bridgehead atoms. The molecule has 2 aliphatic heterocycles. The first kappa shape index (κ1) is 31.4. The summed E-state index contributed by atoms with van der Waals surface area (Å²) in [5.74, 6) is 1.57. The zero-order chi connectivity index (χ0) is 32.0. The lowest BCUT2D eigenvalue weighted by Gasteiger charge is -2.24. The summed E-state index contributed by atoms with van der Waals surface area (Å²) in [6.45, 7) is 3.58. The fraction of sp³-hybridized carbons (Fsp3) is 0.357. The van der Waals surface area contributed by atoms with Gasteiger partial charge >= 0.3 is 12.1 Å². The minimum absolute atomic E-state index is 0.158. The highest BCUT2D eigenvalue weighted by atomic mass is 16.6. The van der Waals surface area contributed by atoms with Crippen molar-refractivity contribution in [2.75, 3.05) is 27.4 Å². The van der Waals surface area contributed by atoms with Gasteiger partial charge in [0.1, 0.15) is 12.1 Å². The molecule has 0 saturated heterocycles. The predicted molar refractivity (Wildman–Crippen MR) is 154 cm³/mol. The van der Waals surface area contributed by atoms with Gasteiger partial charge in [-0.1, -0.05) is 12.1 Å². The third-order valence-corrected chi connectivity index (χ3v) is 6.96. The molecule has 0 aliphatic carbocycles. The molecule has 44 heavy (non-hydrogen) atoms. The second kappa shape index (κ2) is 13.6. The number of amides is 4. The number of nitrogens with one attached hydrogen (secondary N) is 4. The molecule has 16 nitrogen and oxygen atoms in total. The molecule has 2 heterocycles. The van der Waals surface area contributed by atoms with Gasteiger partial charge in [-0.2, -0.15) is 0 Å². The topological polar surface area (TPSA) is 205 Å². The molecule has 0 unspecified atom stereocenters. The molecule has 2 aromatic rings. The first-order valence-electron chi connectivity index (χ1n) is 13.5. The van der Waals surface area contributed by atoms with Crippen molar-refractivity contribution in [3.05, 3.63) is 90.5 Å². The third kappa shape index (κ3) is 6.91. The van der Waals surface area contributed by atoms with Crippen LogP contribution < -0.4 is 40.2 Å². The number of hydrogen-bond acceptors (Lipinski definition) is 10. The maximum absolute atomic E-state index is 11.9. The van der Waals surface area contributed by atoms with Crippen LogP contribution in [0.25, 0.3) is 0 Å². The Bertz CT molecular complexity index is 1430. The SMILES string of the molecule is COc1cc([C@@H]2NC(=O)NC(C)=C2[N+](=O)[O-])ccc1OCCCCOc1ccc([C@@H]2NC(=O)NC(C)=C2[N+](=O)[O-])cc1OC. The van der Waals surface area contributed by atoms with Crippen molar-refractivity contribution in [2.24, 2.45) is 0 Å².